The van der Waals surface area contributed by atoms with Crippen molar-refractivity contribution in [2.75, 3.05) is 0 Å². The van der Waals surface area contributed by atoms with Crippen LogP contribution in [0, 0.1) is 5.92 Å². The van der Waals surface area contributed by atoms with E-state index in [0.29, 0.717) is 13.0 Å². The highest BCUT2D eigenvalue weighted by Gasteiger charge is 2.41. The van der Waals surface area contributed by atoms with E-state index in [1.165, 1.54) is 5.56 Å². The van der Waals surface area contributed by atoms with E-state index >= 15 is 0 Å². The molecule has 3 atom stereocenters. The molecule has 1 aliphatic rings. The second kappa shape index (κ2) is 15.1. The smallest absolute Gasteiger partial charge is 0.329 e. The van der Waals surface area contributed by atoms with Gasteiger partial charge in [-0.05, 0) is 56.8 Å². The fourth-order valence-corrected chi connectivity index (χ4v) is 6.74. The molecule has 1 aliphatic carbocycles. The Balaban J connectivity index is 1.41. The summed E-state index contributed by atoms with van der Waals surface area (Å²) in [4.78, 5) is 30.3. The van der Waals surface area contributed by atoms with Crippen molar-refractivity contribution >= 4 is 11.9 Å². The minimum atomic E-state index is -0.810. The lowest BCUT2D eigenvalue weighted by Gasteiger charge is -2.38. The Morgan fingerprint density at radius 3 is 2.00 bits per heavy atom. The van der Waals surface area contributed by atoms with E-state index in [9.17, 15) is 9.59 Å². The maximum atomic E-state index is 14.6. The number of fused-ring (bicyclic) bond motifs is 3. The monoisotopic (exact) mass is 634 g/mol. The number of benzene rings is 5. The first-order valence-electron chi connectivity index (χ1n) is 16.7. The van der Waals surface area contributed by atoms with Crippen LogP contribution in [0.3, 0.4) is 0 Å². The second-order valence-corrected chi connectivity index (χ2v) is 12.6. The zero-order valence-electron chi connectivity index (χ0n) is 27.6. The number of hydrogen-bond acceptors (Lipinski definition) is 4. The van der Waals surface area contributed by atoms with Gasteiger partial charge in [0.25, 0.3) is 0 Å². The van der Waals surface area contributed by atoms with Gasteiger partial charge in [0.1, 0.15) is 12.6 Å². The van der Waals surface area contributed by atoms with Gasteiger partial charge in [0.2, 0.25) is 5.91 Å². The van der Waals surface area contributed by atoms with Gasteiger partial charge in [-0.3, -0.25) is 9.69 Å². The maximum absolute atomic E-state index is 14.6. The van der Waals surface area contributed by atoms with E-state index in [2.05, 4.69) is 95.7 Å². The first kappa shape index (κ1) is 32.7. The molecule has 0 saturated carbocycles. The maximum Gasteiger partial charge on any atom is 0.329 e. The van der Waals surface area contributed by atoms with E-state index in [1.807, 2.05) is 68.4 Å². The van der Waals surface area contributed by atoms with Gasteiger partial charge in [-0.15, -0.1) is 6.58 Å². The van der Waals surface area contributed by atoms with Gasteiger partial charge in [0.15, 0.2) is 0 Å². The molecule has 0 spiro atoms. The molecule has 0 saturated heterocycles. The molecule has 0 fully saturated rings. The van der Waals surface area contributed by atoms with Gasteiger partial charge in [-0.2, -0.15) is 0 Å². The van der Waals surface area contributed by atoms with Crippen molar-refractivity contribution in [3.8, 4) is 22.3 Å². The lowest BCUT2D eigenvalue weighted by atomic mass is 9.91. The summed E-state index contributed by atoms with van der Waals surface area (Å²) in [6.45, 7) is 8.58. The van der Waals surface area contributed by atoms with E-state index in [4.69, 9.17) is 4.74 Å². The van der Waals surface area contributed by atoms with E-state index < -0.39 is 18.1 Å². The standard InChI is InChI=1S/C43H42N2O3/c1-4-17-38(42(46)44-40(30(2)3)43(47)48-29-32-20-10-6-11-21-32)45(28-31-18-8-5-9-19-31)41-37-25-15-14-24-35(37)36-27-16-26-34(39(36)41)33-22-12-7-13-23-33/h4-16,18-27,30,38,40-41H,1,17,28-29H2,2-3H3,(H,44,46)/t38?,40-,41?/m0/s1. The number of carbonyl (C=O) groups is 2. The highest BCUT2D eigenvalue weighted by atomic mass is 16.5. The van der Waals surface area contributed by atoms with Crippen molar-refractivity contribution in [1.82, 2.24) is 10.2 Å². The number of amides is 1. The normalized spacial score (nSPS) is 14.5. The minimum absolute atomic E-state index is 0.146. The molecule has 5 heteroatoms. The number of ether oxygens (including phenoxy) is 1. The first-order chi connectivity index (χ1) is 23.5. The van der Waals surface area contributed by atoms with Crippen molar-refractivity contribution in [3.63, 3.8) is 0 Å². The molecular weight excluding hydrogens is 592 g/mol. The molecule has 2 unspecified atom stereocenters. The largest absolute Gasteiger partial charge is 0.459 e. The summed E-state index contributed by atoms with van der Waals surface area (Å²) in [5.41, 5.74) is 8.89. The molecule has 6 rings (SSSR count). The molecule has 0 radical (unpaired) electrons. The fourth-order valence-electron chi connectivity index (χ4n) is 6.74. The number of hydrogen-bond donors (Lipinski definition) is 1. The molecule has 5 aromatic rings. The number of carbonyl (C=O) groups excluding carboxylic acids is 2. The summed E-state index contributed by atoms with van der Waals surface area (Å²) in [7, 11) is 0. The molecule has 1 N–H and O–H groups in total. The lowest BCUT2D eigenvalue weighted by Crippen LogP contribution is -2.53. The quantitative estimate of drug-likeness (QED) is 0.104. The van der Waals surface area contributed by atoms with Gasteiger partial charge < -0.3 is 10.1 Å². The van der Waals surface area contributed by atoms with Gasteiger partial charge in [0.05, 0.1) is 12.1 Å². The van der Waals surface area contributed by atoms with Crippen molar-refractivity contribution in [2.24, 2.45) is 5.92 Å². The highest BCUT2D eigenvalue weighted by Crippen LogP contribution is 2.51. The van der Waals surface area contributed by atoms with Crippen molar-refractivity contribution < 1.29 is 14.3 Å². The van der Waals surface area contributed by atoms with Crippen LogP contribution >= 0.6 is 0 Å². The summed E-state index contributed by atoms with van der Waals surface area (Å²) < 4.78 is 5.72. The number of esters is 1. The topological polar surface area (TPSA) is 58.6 Å². The third-order valence-corrected chi connectivity index (χ3v) is 9.08. The highest BCUT2D eigenvalue weighted by molar-refractivity contribution is 5.89. The first-order valence-corrected chi connectivity index (χ1v) is 16.7. The zero-order chi connectivity index (χ0) is 33.5. The summed E-state index contributed by atoms with van der Waals surface area (Å²) in [5, 5.41) is 3.12. The Hall–Kier alpha value is -5.26. The Bertz CT molecular complexity index is 1850. The number of nitrogens with one attached hydrogen (secondary N) is 1. The summed E-state index contributed by atoms with van der Waals surface area (Å²) in [6.07, 6.45) is 2.19. The van der Waals surface area contributed by atoms with Gasteiger partial charge in [-0.1, -0.05) is 153 Å². The predicted molar refractivity (Wildman–Crippen MR) is 193 cm³/mol. The van der Waals surface area contributed by atoms with E-state index in [1.54, 1.807) is 6.08 Å². The van der Waals surface area contributed by atoms with Crippen LogP contribution in [0.5, 0.6) is 0 Å². The van der Waals surface area contributed by atoms with Crippen molar-refractivity contribution in [2.45, 2.75) is 51.5 Å². The van der Waals surface area contributed by atoms with Crippen LogP contribution in [-0.4, -0.2) is 28.9 Å². The molecule has 0 aliphatic heterocycles. The minimum Gasteiger partial charge on any atom is -0.459 e. The van der Waals surface area contributed by atoms with E-state index in [-0.39, 0.29) is 24.5 Å². The fraction of sp³-hybridized carbons (Fsp3) is 0.209. The third-order valence-electron chi connectivity index (χ3n) is 9.08. The Morgan fingerprint density at radius 2 is 1.33 bits per heavy atom. The molecule has 0 aromatic heterocycles. The van der Waals surface area contributed by atoms with Crippen molar-refractivity contribution in [1.29, 1.82) is 0 Å². The number of nitrogens with zero attached hydrogens (tertiary/aromatic N) is 1. The Morgan fingerprint density at radius 1 is 0.750 bits per heavy atom. The summed E-state index contributed by atoms with van der Waals surface area (Å²) in [6, 6.07) is 43.5. The van der Waals surface area contributed by atoms with Gasteiger partial charge in [0, 0.05) is 6.54 Å². The van der Waals surface area contributed by atoms with Gasteiger partial charge in [-0.25, -0.2) is 4.79 Å². The average molecular weight is 635 g/mol. The molecule has 5 aromatic carbocycles. The van der Waals surface area contributed by atoms with Crippen LogP contribution in [0.25, 0.3) is 22.3 Å². The van der Waals surface area contributed by atoms with Crippen LogP contribution in [0.15, 0.2) is 146 Å². The van der Waals surface area contributed by atoms with Gasteiger partial charge >= 0.3 is 5.97 Å². The van der Waals surface area contributed by atoms with Crippen LogP contribution in [0.2, 0.25) is 0 Å². The van der Waals surface area contributed by atoms with Crippen molar-refractivity contribution in [3.05, 3.63) is 168 Å². The SMILES string of the molecule is C=CCC(C(=O)N[C@H](C(=O)OCc1ccccc1)C(C)C)N(Cc1ccccc1)C1c2ccccc2-c2cccc(-c3ccccc3)c21. The Labute approximate surface area is 283 Å². The molecular formula is C43H42N2O3. The van der Waals surface area contributed by atoms with Crippen LogP contribution in [-0.2, 0) is 27.5 Å². The molecule has 48 heavy (non-hydrogen) atoms. The molecule has 242 valence electrons. The van der Waals surface area contributed by atoms with Crippen LogP contribution in [0.4, 0.5) is 0 Å². The molecule has 1 amide bonds. The zero-order valence-corrected chi connectivity index (χ0v) is 27.6. The molecule has 0 heterocycles. The predicted octanol–water partition coefficient (Wildman–Crippen LogP) is 8.75. The Kier molecular flexibility index (Phi) is 10.3. The average Bonchev–Trinajstić information content (AvgIpc) is 3.46. The van der Waals surface area contributed by atoms with E-state index in [0.717, 1.165) is 38.9 Å². The second-order valence-electron chi connectivity index (χ2n) is 12.6. The number of rotatable bonds is 13. The van der Waals surface area contributed by atoms with Crippen LogP contribution in [0.1, 0.15) is 48.6 Å². The van der Waals surface area contributed by atoms with Crippen LogP contribution < -0.4 is 5.32 Å². The summed E-state index contributed by atoms with van der Waals surface area (Å²) >= 11 is 0. The lowest BCUT2D eigenvalue weighted by molar-refractivity contribution is -0.151. The summed E-state index contributed by atoms with van der Waals surface area (Å²) in [5.74, 6) is -0.858. The molecule has 5 nitrogen and oxygen atoms in total. The third kappa shape index (κ3) is 7.02. The molecule has 0 bridgehead atoms.